The van der Waals surface area contributed by atoms with Crippen LogP contribution in [0.15, 0.2) is 36.4 Å². The molecule has 2 nitrogen and oxygen atoms in total. The summed E-state index contributed by atoms with van der Waals surface area (Å²) in [5.41, 5.74) is 4.32. The van der Waals surface area contributed by atoms with Gasteiger partial charge in [-0.15, -0.1) is 22.2 Å². The summed E-state index contributed by atoms with van der Waals surface area (Å²) in [5, 5.41) is 0. The maximum absolute atomic E-state index is 6.76. The van der Waals surface area contributed by atoms with Crippen molar-refractivity contribution in [2.45, 2.75) is 25.9 Å². The van der Waals surface area contributed by atoms with E-state index in [1.54, 1.807) is 14.2 Å². The van der Waals surface area contributed by atoms with E-state index in [0.717, 1.165) is 33.8 Å². The van der Waals surface area contributed by atoms with Crippen molar-refractivity contribution in [2.75, 3.05) is 14.2 Å². The van der Waals surface area contributed by atoms with Crippen molar-refractivity contribution >= 4 is 28.9 Å². The molecule has 2 rings (SSSR count). The Morgan fingerprint density at radius 3 is 1.52 bits per heavy atom. The fourth-order valence-electron chi connectivity index (χ4n) is 2.91. The molecule has 0 heterocycles. The lowest BCUT2D eigenvalue weighted by atomic mass is 10.1. The summed E-state index contributed by atoms with van der Waals surface area (Å²) in [7, 11) is 3.36. The second-order valence-electron chi connectivity index (χ2n) is 5.74. The first-order chi connectivity index (χ1) is 10.9. The maximum atomic E-state index is 6.76. The van der Waals surface area contributed by atoms with Gasteiger partial charge in [0.25, 0.3) is 6.69 Å². The molecule has 0 N–H and O–H groups in total. The normalized spacial score (nSPS) is 11.4. The minimum Gasteiger partial charge on any atom is -0.496 e. The van der Waals surface area contributed by atoms with Crippen LogP contribution in [0.3, 0.4) is 0 Å². The standard InChI is InChI=1S/C18H22Cl2O2Si/c1-13-7-5-9-15(17(13)21-3)11-23(19,20)12-16-10-6-8-14(2)18(16)22-4/h5-10H,11-12H2,1-4H3. The van der Waals surface area contributed by atoms with Crippen molar-refractivity contribution in [1.82, 2.24) is 0 Å². The van der Waals surface area contributed by atoms with Crippen LogP contribution in [0.2, 0.25) is 0 Å². The SMILES string of the molecule is COc1c(C)cccc1C[Si](Cl)(Cl)Cc1cccc(C)c1OC. The number of ether oxygens (including phenoxy) is 2. The minimum absolute atomic E-state index is 0.637. The molecule has 124 valence electrons. The van der Waals surface area contributed by atoms with E-state index in [4.69, 9.17) is 31.6 Å². The van der Waals surface area contributed by atoms with Crippen molar-refractivity contribution in [3.63, 3.8) is 0 Å². The van der Waals surface area contributed by atoms with Crippen molar-refractivity contribution in [3.05, 3.63) is 58.7 Å². The molecular formula is C18H22Cl2O2Si. The molecule has 0 aliphatic carbocycles. The Morgan fingerprint density at radius 2 is 1.17 bits per heavy atom. The highest BCUT2D eigenvalue weighted by atomic mass is 35.7. The van der Waals surface area contributed by atoms with Crippen LogP contribution in [0.25, 0.3) is 0 Å². The third kappa shape index (κ3) is 4.43. The van der Waals surface area contributed by atoms with Crippen LogP contribution in [0, 0.1) is 13.8 Å². The first-order valence-electron chi connectivity index (χ1n) is 7.50. The Balaban J connectivity index is 2.27. The number of aryl methyl sites for hydroxylation is 2. The molecule has 2 aromatic carbocycles. The van der Waals surface area contributed by atoms with Crippen LogP contribution in [-0.4, -0.2) is 20.9 Å². The smallest absolute Gasteiger partial charge is 0.260 e. The molecule has 0 aromatic heterocycles. The highest BCUT2D eigenvalue weighted by molar-refractivity contribution is 7.44. The fraction of sp³-hybridized carbons (Fsp3) is 0.333. The molecule has 0 bridgehead atoms. The van der Waals surface area contributed by atoms with Crippen molar-refractivity contribution in [2.24, 2.45) is 0 Å². The van der Waals surface area contributed by atoms with Crippen LogP contribution in [-0.2, 0) is 12.1 Å². The number of hydrogen-bond donors (Lipinski definition) is 0. The molecular weight excluding hydrogens is 347 g/mol. The second-order valence-corrected chi connectivity index (χ2v) is 13.1. The predicted octanol–water partition coefficient (Wildman–Crippen LogP) is 5.10. The average Bonchev–Trinajstić information content (AvgIpc) is 2.47. The van der Waals surface area contributed by atoms with Crippen LogP contribution < -0.4 is 9.47 Å². The Hall–Kier alpha value is -1.16. The largest absolute Gasteiger partial charge is 0.496 e. The molecule has 23 heavy (non-hydrogen) atoms. The summed E-state index contributed by atoms with van der Waals surface area (Å²) in [6.07, 6.45) is 0. The van der Waals surface area contributed by atoms with Gasteiger partial charge in [-0.1, -0.05) is 36.4 Å². The van der Waals surface area contributed by atoms with Crippen molar-refractivity contribution in [3.8, 4) is 11.5 Å². The first-order valence-corrected chi connectivity index (χ1v) is 11.9. The number of para-hydroxylation sites is 2. The lowest BCUT2D eigenvalue weighted by Crippen LogP contribution is -2.28. The molecule has 0 saturated heterocycles. The summed E-state index contributed by atoms with van der Waals surface area (Å²) >= 11 is 13.5. The Morgan fingerprint density at radius 1 is 0.783 bits per heavy atom. The summed E-state index contributed by atoms with van der Waals surface area (Å²) in [6, 6.07) is 13.4. The molecule has 0 aliphatic heterocycles. The van der Waals surface area contributed by atoms with Gasteiger partial charge in [0.2, 0.25) is 0 Å². The number of benzene rings is 2. The van der Waals surface area contributed by atoms with Gasteiger partial charge < -0.3 is 9.47 Å². The molecule has 0 saturated carbocycles. The van der Waals surface area contributed by atoms with Crippen LogP contribution >= 0.6 is 22.2 Å². The van der Waals surface area contributed by atoms with E-state index in [1.807, 2.05) is 50.2 Å². The fourth-order valence-corrected chi connectivity index (χ4v) is 6.43. The van der Waals surface area contributed by atoms with Gasteiger partial charge in [-0.2, -0.15) is 0 Å². The van der Waals surface area contributed by atoms with E-state index in [9.17, 15) is 0 Å². The quantitative estimate of drug-likeness (QED) is 0.521. The van der Waals surface area contributed by atoms with Gasteiger partial charge in [-0.3, -0.25) is 0 Å². The van der Waals surface area contributed by atoms with E-state index >= 15 is 0 Å². The van der Waals surface area contributed by atoms with Gasteiger partial charge in [0.1, 0.15) is 11.5 Å². The number of hydrogen-bond acceptors (Lipinski definition) is 2. The van der Waals surface area contributed by atoms with Crippen molar-refractivity contribution in [1.29, 1.82) is 0 Å². The summed E-state index contributed by atoms with van der Waals surface area (Å²) in [6.45, 7) is 1.51. The molecule has 0 radical (unpaired) electrons. The van der Waals surface area contributed by atoms with E-state index in [1.165, 1.54) is 0 Å². The molecule has 0 fully saturated rings. The van der Waals surface area contributed by atoms with Gasteiger partial charge in [-0.25, -0.2) is 0 Å². The first kappa shape index (κ1) is 18.2. The van der Waals surface area contributed by atoms with Gasteiger partial charge in [0.15, 0.2) is 0 Å². The van der Waals surface area contributed by atoms with E-state index < -0.39 is 6.69 Å². The summed E-state index contributed by atoms with van der Waals surface area (Å²) in [5.74, 6) is 1.75. The van der Waals surface area contributed by atoms with E-state index in [0.29, 0.717) is 12.1 Å². The average molecular weight is 369 g/mol. The highest BCUT2D eigenvalue weighted by Crippen LogP contribution is 2.34. The number of halogens is 2. The monoisotopic (exact) mass is 368 g/mol. The molecule has 0 aliphatic rings. The van der Waals surface area contributed by atoms with E-state index in [-0.39, 0.29) is 0 Å². The predicted molar refractivity (Wildman–Crippen MR) is 100 cm³/mol. The van der Waals surface area contributed by atoms with Crippen molar-refractivity contribution < 1.29 is 9.47 Å². The maximum Gasteiger partial charge on any atom is 0.260 e. The number of methoxy groups -OCH3 is 2. The van der Waals surface area contributed by atoms with Crippen LogP contribution in [0.1, 0.15) is 22.3 Å². The molecule has 0 unspecified atom stereocenters. The molecule has 0 amide bonds. The zero-order valence-electron chi connectivity index (χ0n) is 14.0. The molecule has 2 aromatic rings. The molecule has 0 atom stereocenters. The lowest BCUT2D eigenvalue weighted by Gasteiger charge is -2.21. The summed E-state index contributed by atoms with van der Waals surface area (Å²) < 4.78 is 11.0. The minimum atomic E-state index is -2.54. The number of rotatable bonds is 6. The van der Waals surface area contributed by atoms with E-state index in [2.05, 4.69) is 0 Å². The third-order valence-electron chi connectivity index (χ3n) is 3.89. The summed E-state index contributed by atoms with van der Waals surface area (Å²) in [4.78, 5) is 0. The zero-order valence-corrected chi connectivity index (χ0v) is 16.5. The highest BCUT2D eigenvalue weighted by Gasteiger charge is 2.32. The Bertz CT molecular complexity index is 629. The third-order valence-corrected chi connectivity index (χ3v) is 7.29. The Labute approximate surface area is 148 Å². The van der Waals surface area contributed by atoms with Gasteiger partial charge in [0, 0.05) is 0 Å². The second kappa shape index (κ2) is 7.60. The van der Waals surface area contributed by atoms with Gasteiger partial charge >= 0.3 is 0 Å². The lowest BCUT2D eigenvalue weighted by molar-refractivity contribution is 0.407. The van der Waals surface area contributed by atoms with Gasteiger partial charge in [-0.05, 0) is 48.2 Å². The topological polar surface area (TPSA) is 18.5 Å². The van der Waals surface area contributed by atoms with Gasteiger partial charge in [0.05, 0.1) is 14.2 Å². The zero-order chi connectivity index (χ0) is 17.0. The van der Waals surface area contributed by atoms with Crippen LogP contribution in [0.5, 0.6) is 11.5 Å². The molecule has 0 spiro atoms. The van der Waals surface area contributed by atoms with Crippen LogP contribution in [0.4, 0.5) is 0 Å². The molecule has 5 heteroatoms. The Kier molecular flexibility index (Phi) is 6.01.